The average Bonchev–Trinajstić information content (AvgIpc) is 2.55. The van der Waals surface area contributed by atoms with Crippen LogP contribution < -0.4 is 10.2 Å². The van der Waals surface area contributed by atoms with E-state index in [-0.39, 0.29) is 12.2 Å². The minimum Gasteiger partial charge on any atom is -0.502 e. The number of hydrogen-bond donors (Lipinski definition) is 2. The lowest BCUT2D eigenvalue weighted by molar-refractivity contribution is -0.385. The van der Waals surface area contributed by atoms with Crippen molar-refractivity contribution < 1.29 is 19.6 Å². The highest BCUT2D eigenvalue weighted by Crippen LogP contribution is 2.30. The predicted molar refractivity (Wildman–Crippen MR) is 99.6 cm³/mol. The molecule has 0 unspecified atom stereocenters. The zero-order chi connectivity index (χ0) is 19.3. The summed E-state index contributed by atoms with van der Waals surface area (Å²) in [5, 5.41) is 24.2. The van der Waals surface area contributed by atoms with Gasteiger partial charge in [0.15, 0.2) is 6.61 Å². The largest absolute Gasteiger partial charge is 0.502 e. The molecule has 136 valence electrons. The normalized spacial score (nSPS) is 10.7. The van der Waals surface area contributed by atoms with E-state index in [0.717, 1.165) is 21.8 Å². The van der Waals surface area contributed by atoms with E-state index in [2.05, 4.69) is 26.5 Å². The Kier molecular flexibility index (Phi) is 6.29. The van der Waals surface area contributed by atoms with Crippen molar-refractivity contribution in [1.29, 1.82) is 0 Å². The molecule has 9 heteroatoms. The lowest BCUT2D eigenvalue weighted by Gasteiger charge is -2.11. The van der Waals surface area contributed by atoms with Crippen LogP contribution in [0.3, 0.4) is 0 Å². The smallest absolute Gasteiger partial charge is 0.311 e. The SMILES string of the molecule is Cc1cc(C)c(OCC(=O)N/N=C/c2cccc([N+](=O)[O-])c2O)c(Br)c1. The number of hydrazone groups is 1. The van der Waals surface area contributed by atoms with Crippen molar-refractivity contribution in [1.82, 2.24) is 5.43 Å². The van der Waals surface area contributed by atoms with Crippen LogP contribution in [-0.4, -0.2) is 28.8 Å². The molecule has 0 atom stereocenters. The Balaban J connectivity index is 1.97. The first-order valence-corrected chi connectivity index (χ1v) is 8.26. The minimum absolute atomic E-state index is 0.109. The highest BCUT2D eigenvalue weighted by Gasteiger charge is 2.15. The van der Waals surface area contributed by atoms with E-state index in [1.807, 2.05) is 26.0 Å². The number of ether oxygens (including phenoxy) is 1. The molecule has 0 bridgehead atoms. The summed E-state index contributed by atoms with van der Waals surface area (Å²) < 4.78 is 6.23. The molecule has 0 aliphatic rings. The molecule has 0 heterocycles. The maximum Gasteiger partial charge on any atom is 0.311 e. The Labute approximate surface area is 157 Å². The molecule has 0 fully saturated rings. The molecule has 0 aliphatic carbocycles. The van der Waals surface area contributed by atoms with Gasteiger partial charge < -0.3 is 9.84 Å². The van der Waals surface area contributed by atoms with Crippen LogP contribution in [0.15, 0.2) is 39.9 Å². The summed E-state index contributed by atoms with van der Waals surface area (Å²) in [4.78, 5) is 21.9. The summed E-state index contributed by atoms with van der Waals surface area (Å²) in [6, 6.07) is 7.81. The Morgan fingerprint density at radius 1 is 1.42 bits per heavy atom. The third-order valence-corrected chi connectivity index (χ3v) is 3.95. The Morgan fingerprint density at radius 2 is 2.15 bits per heavy atom. The van der Waals surface area contributed by atoms with Gasteiger partial charge in [-0.05, 0) is 53.0 Å². The molecule has 2 N–H and O–H groups in total. The summed E-state index contributed by atoms with van der Waals surface area (Å²) in [5.74, 6) is -0.477. The number of phenolic OH excluding ortho intramolecular Hbond substituents is 1. The molecular weight excluding hydrogens is 406 g/mol. The van der Waals surface area contributed by atoms with Gasteiger partial charge in [0, 0.05) is 11.6 Å². The predicted octanol–water partition coefficient (Wildman–Crippen LogP) is 3.21. The third-order valence-electron chi connectivity index (χ3n) is 3.36. The van der Waals surface area contributed by atoms with Crippen molar-refractivity contribution in [3.63, 3.8) is 0 Å². The first-order chi connectivity index (χ1) is 12.3. The lowest BCUT2D eigenvalue weighted by Crippen LogP contribution is -2.24. The zero-order valence-electron chi connectivity index (χ0n) is 14.0. The van der Waals surface area contributed by atoms with Gasteiger partial charge >= 0.3 is 5.69 Å². The second-order valence-corrected chi connectivity index (χ2v) is 6.30. The average molecular weight is 422 g/mol. The number of aromatic hydroxyl groups is 1. The third kappa shape index (κ3) is 4.79. The molecular formula is C17H16BrN3O5. The molecule has 2 aromatic rings. The van der Waals surface area contributed by atoms with Crippen LogP contribution >= 0.6 is 15.9 Å². The van der Waals surface area contributed by atoms with Gasteiger partial charge in [-0.1, -0.05) is 12.1 Å². The number of nitro benzene ring substituents is 1. The molecule has 26 heavy (non-hydrogen) atoms. The van der Waals surface area contributed by atoms with Gasteiger partial charge in [-0.3, -0.25) is 14.9 Å². The molecule has 8 nitrogen and oxygen atoms in total. The maximum atomic E-state index is 11.8. The van der Waals surface area contributed by atoms with Crippen LogP contribution in [0.5, 0.6) is 11.5 Å². The Hall–Kier alpha value is -2.94. The van der Waals surface area contributed by atoms with Crippen molar-refractivity contribution in [2.75, 3.05) is 6.61 Å². The number of hydrogen-bond acceptors (Lipinski definition) is 6. The van der Waals surface area contributed by atoms with Crippen molar-refractivity contribution in [2.45, 2.75) is 13.8 Å². The van der Waals surface area contributed by atoms with Gasteiger partial charge in [-0.15, -0.1) is 0 Å². The summed E-state index contributed by atoms with van der Waals surface area (Å²) in [6.45, 7) is 3.56. The number of aryl methyl sites for hydroxylation is 2. The van der Waals surface area contributed by atoms with Crippen molar-refractivity contribution >= 4 is 33.7 Å². The summed E-state index contributed by atoms with van der Waals surface area (Å²) >= 11 is 3.39. The first kappa shape index (κ1) is 19.4. The number of halogens is 1. The number of rotatable bonds is 6. The van der Waals surface area contributed by atoms with Crippen LogP contribution in [0.4, 0.5) is 5.69 Å². The van der Waals surface area contributed by atoms with E-state index in [9.17, 15) is 20.0 Å². The van der Waals surface area contributed by atoms with E-state index >= 15 is 0 Å². The summed E-state index contributed by atoms with van der Waals surface area (Å²) in [6.07, 6.45) is 1.12. The Bertz CT molecular complexity index is 860. The number of nitrogens with zero attached hydrogens (tertiary/aromatic N) is 2. The van der Waals surface area contributed by atoms with Crippen LogP contribution in [0, 0.1) is 24.0 Å². The van der Waals surface area contributed by atoms with Crippen LogP contribution in [0.25, 0.3) is 0 Å². The minimum atomic E-state index is -0.707. The second-order valence-electron chi connectivity index (χ2n) is 5.45. The fourth-order valence-electron chi connectivity index (χ4n) is 2.23. The first-order valence-electron chi connectivity index (χ1n) is 7.47. The van der Waals surface area contributed by atoms with E-state index < -0.39 is 22.3 Å². The molecule has 0 aliphatic heterocycles. The highest BCUT2D eigenvalue weighted by molar-refractivity contribution is 9.10. The lowest BCUT2D eigenvalue weighted by atomic mass is 10.1. The molecule has 0 saturated carbocycles. The van der Waals surface area contributed by atoms with Crippen molar-refractivity contribution in [2.24, 2.45) is 5.10 Å². The molecule has 0 spiro atoms. The van der Waals surface area contributed by atoms with E-state index in [0.29, 0.717) is 5.75 Å². The summed E-state index contributed by atoms with van der Waals surface area (Å²) in [5.41, 5.74) is 3.85. The van der Waals surface area contributed by atoms with Crippen molar-refractivity contribution in [3.8, 4) is 11.5 Å². The van der Waals surface area contributed by atoms with Gasteiger partial charge in [0.25, 0.3) is 5.91 Å². The number of carbonyl (C=O) groups is 1. The van der Waals surface area contributed by atoms with Gasteiger partial charge in [0.2, 0.25) is 5.75 Å². The fraction of sp³-hybridized carbons (Fsp3) is 0.176. The zero-order valence-corrected chi connectivity index (χ0v) is 15.6. The highest BCUT2D eigenvalue weighted by atomic mass is 79.9. The van der Waals surface area contributed by atoms with Gasteiger partial charge in [-0.2, -0.15) is 5.10 Å². The second kappa shape index (κ2) is 8.43. The molecule has 0 aromatic heterocycles. The molecule has 0 radical (unpaired) electrons. The number of phenols is 1. The Morgan fingerprint density at radius 3 is 2.81 bits per heavy atom. The van der Waals surface area contributed by atoms with E-state index in [1.165, 1.54) is 18.2 Å². The van der Waals surface area contributed by atoms with Gasteiger partial charge in [0.05, 0.1) is 15.6 Å². The number of carbonyl (C=O) groups excluding carboxylic acids is 1. The van der Waals surface area contributed by atoms with Crippen molar-refractivity contribution in [3.05, 3.63) is 61.6 Å². The molecule has 0 saturated heterocycles. The fourth-order valence-corrected chi connectivity index (χ4v) is 3.02. The van der Waals surface area contributed by atoms with Crippen LogP contribution in [-0.2, 0) is 4.79 Å². The number of nitrogens with one attached hydrogen (secondary N) is 1. The van der Waals surface area contributed by atoms with Gasteiger partial charge in [0.1, 0.15) is 5.75 Å². The molecule has 2 rings (SSSR count). The number of nitro groups is 1. The molecule has 2 aromatic carbocycles. The maximum absolute atomic E-state index is 11.8. The topological polar surface area (TPSA) is 114 Å². The van der Waals surface area contributed by atoms with E-state index in [4.69, 9.17) is 4.74 Å². The van der Waals surface area contributed by atoms with Crippen LogP contribution in [0.1, 0.15) is 16.7 Å². The monoisotopic (exact) mass is 421 g/mol. The molecule has 1 amide bonds. The number of benzene rings is 2. The summed E-state index contributed by atoms with van der Waals surface area (Å²) in [7, 11) is 0. The van der Waals surface area contributed by atoms with Gasteiger partial charge in [-0.25, -0.2) is 5.43 Å². The van der Waals surface area contributed by atoms with Crippen LogP contribution in [0.2, 0.25) is 0 Å². The van der Waals surface area contributed by atoms with E-state index in [1.54, 1.807) is 0 Å². The number of para-hydroxylation sites is 1. The quantitative estimate of drug-likeness (QED) is 0.422. The number of amides is 1. The standard InChI is InChI=1S/C17H16BrN3O5/c1-10-6-11(2)17(13(18)7-10)26-9-15(22)20-19-8-12-4-3-5-14(16(12)23)21(24)25/h3-8,23H,9H2,1-2H3,(H,20,22)/b19-8+.